The highest BCUT2D eigenvalue weighted by Crippen LogP contribution is 2.17. The molecule has 1 N–H and O–H groups in total. The topological polar surface area (TPSA) is 46.9 Å². The molecule has 0 bridgehead atoms. The Morgan fingerprint density at radius 1 is 1.23 bits per heavy atom. The summed E-state index contributed by atoms with van der Waals surface area (Å²) in [6.45, 7) is 2.26. The maximum Gasteiger partial charge on any atom is 0.265 e. The van der Waals surface area contributed by atoms with E-state index in [9.17, 15) is 4.79 Å². The van der Waals surface area contributed by atoms with Crippen molar-refractivity contribution in [1.82, 2.24) is 9.55 Å². The Balaban J connectivity index is 2.18. The normalized spacial score (nSPS) is 10.4. The number of terminal acetylenes is 1. The van der Waals surface area contributed by atoms with Crippen molar-refractivity contribution in [3.05, 3.63) is 64.7 Å². The van der Waals surface area contributed by atoms with Gasteiger partial charge in [-0.2, -0.15) is 0 Å². The van der Waals surface area contributed by atoms with E-state index in [2.05, 4.69) is 16.2 Å². The van der Waals surface area contributed by atoms with Crippen LogP contribution < -0.4 is 10.9 Å². The first-order valence-electron chi connectivity index (χ1n) is 6.97. The van der Waals surface area contributed by atoms with E-state index >= 15 is 0 Å². The highest BCUT2D eigenvalue weighted by molar-refractivity contribution is 5.81. The Kier molecular flexibility index (Phi) is 3.63. The number of para-hydroxylation sites is 1. The molecule has 1 aromatic heterocycles. The highest BCUT2D eigenvalue weighted by Gasteiger charge is 2.10. The number of hydrogen-bond acceptors (Lipinski definition) is 3. The molecule has 4 nitrogen and oxygen atoms in total. The molecule has 0 saturated heterocycles. The number of rotatable bonds is 3. The first-order chi connectivity index (χ1) is 10.7. The van der Waals surface area contributed by atoms with Crippen LogP contribution in [0.25, 0.3) is 16.6 Å². The number of aromatic nitrogens is 2. The molecule has 0 spiro atoms. The van der Waals surface area contributed by atoms with Crippen molar-refractivity contribution >= 4 is 16.6 Å². The summed E-state index contributed by atoms with van der Waals surface area (Å²) in [4.78, 5) is 17.3. The number of aryl methyl sites for hydroxylation is 1. The maximum atomic E-state index is 12.7. The lowest BCUT2D eigenvalue weighted by atomic mass is 10.2. The first kappa shape index (κ1) is 13.9. The van der Waals surface area contributed by atoms with Crippen LogP contribution in [0.15, 0.2) is 53.3 Å². The quantitative estimate of drug-likeness (QED) is 0.754. The molecular weight excluding hydrogens is 274 g/mol. The number of nitrogens with zero attached hydrogens (tertiary/aromatic N) is 2. The molecule has 0 radical (unpaired) electrons. The molecule has 22 heavy (non-hydrogen) atoms. The van der Waals surface area contributed by atoms with Crippen molar-refractivity contribution in [3.8, 4) is 18.0 Å². The first-order valence-corrected chi connectivity index (χ1v) is 6.97. The third-order valence-electron chi connectivity index (χ3n) is 3.45. The number of hydrogen-bond donors (Lipinski definition) is 1. The Labute approximate surface area is 128 Å². The van der Waals surface area contributed by atoms with Crippen LogP contribution in [0.2, 0.25) is 0 Å². The van der Waals surface area contributed by atoms with Gasteiger partial charge in [0.05, 0.1) is 23.1 Å². The number of nitrogens with one attached hydrogen (secondary N) is 1. The van der Waals surface area contributed by atoms with E-state index in [0.29, 0.717) is 23.3 Å². The van der Waals surface area contributed by atoms with Gasteiger partial charge >= 0.3 is 0 Å². The summed E-state index contributed by atoms with van der Waals surface area (Å²) < 4.78 is 1.62. The van der Waals surface area contributed by atoms with Crippen LogP contribution in [0.3, 0.4) is 0 Å². The Morgan fingerprint density at radius 2 is 2.00 bits per heavy atom. The summed E-state index contributed by atoms with van der Waals surface area (Å²) in [6, 6.07) is 15.0. The molecule has 108 valence electrons. The summed E-state index contributed by atoms with van der Waals surface area (Å²) >= 11 is 0. The van der Waals surface area contributed by atoms with Gasteiger partial charge in [0.25, 0.3) is 5.56 Å². The van der Waals surface area contributed by atoms with Crippen LogP contribution in [0.1, 0.15) is 5.82 Å². The largest absolute Gasteiger partial charge is 0.374 e. The van der Waals surface area contributed by atoms with Crippen LogP contribution >= 0.6 is 0 Å². The molecule has 0 aliphatic rings. The Bertz CT molecular complexity index is 921. The average Bonchev–Trinajstić information content (AvgIpc) is 2.53. The molecule has 1 heterocycles. The van der Waals surface area contributed by atoms with Crippen molar-refractivity contribution in [1.29, 1.82) is 0 Å². The van der Waals surface area contributed by atoms with Crippen molar-refractivity contribution in [2.24, 2.45) is 0 Å². The fourth-order valence-electron chi connectivity index (χ4n) is 2.44. The van der Waals surface area contributed by atoms with Gasteiger partial charge in [0.2, 0.25) is 0 Å². The van der Waals surface area contributed by atoms with E-state index in [1.807, 2.05) is 49.4 Å². The van der Waals surface area contributed by atoms with Crippen molar-refractivity contribution < 1.29 is 0 Å². The summed E-state index contributed by atoms with van der Waals surface area (Å²) in [5.74, 6) is 3.17. The molecule has 0 aliphatic heterocycles. The molecule has 0 fully saturated rings. The van der Waals surface area contributed by atoms with Gasteiger partial charge in [-0.05, 0) is 37.3 Å². The van der Waals surface area contributed by atoms with Gasteiger partial charge in [0, 0.05) is 5.69 Å². The van der Waals surface area contributed by atoms with Crippen LogP contribution in [-0.4, -0.2) is 16.1 Å². The minimum atomic E-state index is -0.0720. The van der Waals surface area contributed by atoms with E-state index in [1.165, 1.54) is 0 Å². The van der Waals surface area contributed by atoms with Crippen LogP contribution in [0, 0.1) is 19.3 Å². The summed E-state index contributed by atoms with van der Waals surface area (Å²) in [5, 5.41) is 3.67. The predicted molar refractivity (Wildman–Crippen MR) is 89.4 cm³/mol. The van der Waals surface area contributed by atoms with E-state index in [4.69, 9.17) is 6.42 Å². The Morgan fingerprint density at radius 3 is 2.73 bits per heavy atom. The molecule has 0 unspecified atom stereocenters. The lowest BCUT2D eigenvalue weighted by Gasteiger charge is -2.11. The molecular formula is C18H15N3O. The maximum absolute atomic E-state index is 12.7. The van der Waals surface area contributed by atoms with Gasteiger partial charge in [0.15, 0.2) is 0 Å². The van der Waals surface area contributed by atoms with Crippen molar-refractivity contribution in [2.75, 3.05) is 11.9 Å². The standard InChI is InChI=1S/C18H15N3O/c1-3-11-19-14-9-10-16-17(12-14)20-13(2)21(18(16)22)15-7-5-4-6-8-15/h1,4-10,12,19H,11H2,2H3. The molecule has 0 saturated carbocycles. The van der Waals surface area contributed by atoms with Gasteiger partial charge in [0.1, 0.15) is 5.82 Å². The smallest absolute Gasteiger partial charge is 0.265 e. The fraction of sp³-hybridized carbons (Fsp3) is 0.111. The second kappa shape index (κ2) is 5.74. The molecule has 0 aliphatic carbocycles. The molecule has 3 rings (SSSR count). The van der Waals surface area contributed by atoms with Gasteiger partial charge < -0.3 is 5.32 Å². The number of anilines is 1. The fourth-order valence-corrected chi connectivity index (χ4v) is 2.44. The van der Waals surface area contributed by atoms with E-state index in [0.717, 1.165) is 11.4 Å². The lowest BCUT2D eigenvalue weighted by molar-refractivity contribution is 0.895. The lowest BCUT2D eigenvalue weighted by Crippen LogP contribution is -2.22. The van der Waals surface area contributed by atoms with Crippen LogP contribution in [-0.2, 0) is 0 Å². The minimum absolute atomic E-state index is 0.0720. The van der Waals surface area contributed by atoms with E-state index < -0.39 is 0 Å². The van der Waals surface area contributed by atoms with Crippen LogP contribution in [0.5, 0.6) is 0 Å². The zero-order valence-corrected chi connectivity index (χ0v) is 12.2. The second-order valence-electron chi connectivity index (χ2n) is 4.92. The third kappa shape index (κ3) is 2.45. The molecule has 4 heteroatoms. The molecule has 3 aromatic rings. The van der Waals surface area contributed by atoms with Crippen LogP contribution in [0.4, 0.5) is 5.69 Å². The highest BCUT2D eigenvalue weighted by atomic mass is 16.1. The Hall–Kier alpha value is -3.06. The van der Waals surface area contributed by atoms with E-state index in [-0.39, 0.29) is 5.56 Å². The average molecular weight is 289 g/mol. The molecule has 0 atom stereocenters. The zero-order valence-electron chi connectivity index (χ0n) is 12.2. The van der Waals surface area contributed by atoms with Crippen molar-refractivity contribution in [2.45, 2.75) is 6.92 Å². The summed E-state index contributed by atoms with van der Waals surface area (Å²) in [7, 11) is 0. The molecule has 0 amide bonds. The monoisotopic (exact) mass is 289 g/mol. The third-order valence-corrected chi connectivity index (χ3v) is 3.45. The minimum Gasteiger partial charge on any atom is -0.374 e. The van der Waals surface area contributed by atoms with Gasteiger partial charge in [-0.25, -0.2) is 4.98 Å². The van der Waals surface area contributed by atoms with Gasteiger partial charge in [-0.15, -0.1) is 6.42 Å². The van der Waals surface area contributed by atoms with E-state index in [1.54, 1.807) is 10.6 Å². The zero-order chi connectivity index (χ0) is 15.5. The van der Waals surface area contributed by atoms with Gasteiger partial charge in [-0.3, -0.25) is 9.36 Å². The predicted octanol–water partition coefficient (Wildman–Crippen LogP) is 2.74. The molecule has 2 aromatic carbocycles. The summed E-state index contributed by atoms with van der Waals surface area (Å²) in [6.07, 6.45) is 5.24. The second-order valence-corrected chi connectivity index (χ2v) is 4.92. The van der Waals surface area contributed by atoms with Gasteiger partial charge in [-0.1, -0.05) is 24.1 Å². The SMILES string of the molecule is C#CCNc1ccc2c(=O)n(-c3ccccc3)c(C)nc2c1. The number of benzene rings is 2. The summed E-state index contributed by atoms with van der Waals surface area (Å²) in [5.41, 5.74) is 2.26. The van der Waals surface area contributed by atoms with Crippen molar-refractivity contribution in [3.63, 3.8) is 0 Å². The number of fused-ring (bicyclic) bond motifs is 1.